The van der Waals surface area contributed by atoms with Gasteiger partial charge in [-0.3, -0.25) is 14.7 Å². The molecule has 0 radical (unpaired) electrons. The third-order valence-electron chi connectivity index (χ3n) is 3.18. The summed E-state index contributed by atoms with van der Waals surface area (Å²) in [6.45, 7) is 0.842. The third kappa shape index (κ3) is 1.71. The standard InChI is InChI=1S/C12H11ClFN3O/c13-12-16-10-7(3-1-4-8(10)14)11(18)17(12)9-5-2-6-15-9/h1,3-4,9,15H,2,5-6H2. The van der Waals surface area contributed by atoms with Crippen LogP contribution in [0.3, 0.4) is 0 Å². The quantitative estimate of drug-likeness (QED) is 0.805. The third-order valence-corrected chi connectivity index (χ3v) is 3.45. The molecule has 1 aliphatic heterocycles. The van der Waals surface area contributed by atoms with Crippen LogP contribution in [0.1, 0.15) is 19.0 Å². The molecule has 1 aromatic heterocycles. The molecule has 1 aromatic carbocycles. The molecule has 1 fully saturated rings. The monoisotopic (exact) mass is 267 g/mol. The minimum atomic E-state index is -0.530. The number of nitrogens with one attached hydrogen (secondary N) is 1. The van der Waals surface area contributed by atoms with Gasteiger partial charge in [0.1, 0.15) is 11.3 Å². The molecule has 1 unspecified atom stereocenters. The number of nitrogens with zero attached hydrogens (tertiary/aromatic N) is 2. The first-order valence-electron chi connectivity index (χ1n) is 5.78. The Morgan fingerprint density at radius 2 is 2.33 bits per heavy atom. The fraction of sp³-hybridized carbons (Fsp3) is 0.333. The van der Waals surface area contributed by atoms with E-state index < -0.39 is 5.82 Å². The van der Waals surface area contributed by atoms with Gasteiger partial charge >= 0.3 is 0 Å². The molecule has 0 bridgehead atoms. The van der Waals surface area contributed by atoms with Crippen molar-refractivity contribution in [2.45, 2.75) is 19.0 Å². The highest BCUT2D eigenvalue weighted by Crippen LogP contribution is 2.21. The molecule has 1 saturated heterocycles. The van der Waals surface area contributed by atoms with E-state index in [1.807, 2.05) is 0 Å². The normalized spacial score (nSPS) is 19.6. The predicted octanol–water partition coefficient (Wildman–Crippen LogP) is 2.07. The summed E-state index contributed by atoms with van der Waals surface area (Å²) in [5.41, 5.74) is -0.273. The van der Waals surface area contributed by atoms with Gasteiger partial charge in [0.15, 0.2) is 0 Å². The highest BCUT2D eigenvalue weighted by atomic mass is 35.5. The van der Waals surface area contributed by atoms with Crippen LogP contribution in [-0.2, 0) is 0 Å². The fourth-order valence-corrected chi connectivity index (χ4v) is 2.60. The lowest BCUT2D eigenvalue weighted by Gasteiger charge is -2.16. The molecular weight excluding hydrogens is 257 g/mol. The lowest BCUT2D eigenvalue weighted by atomic mass is 10.2. The summed E-state index contributed by atoms with van der Waals surface area (Å²) in [5.74, 6) is -0.530. The van der Waals surface area contributed by atoms with Crippen LogP contribution in [0.5, 0.6) is 0 Å². The molecule has 1 atom stereocenters. The van der Waals surface area contributed by atoms with Crippen molar-refractivity contribution in [1.82, 2.24) is 14.9 Å². The predicted molar refractivity (Wildman–Crippen MR) is 67.2 cm³/mol. The number of fused-ring (bicyclic) bond motifs is 1. The maximum Gasteiger partial charge on any atom is 0.263 e. The summed E-state index contributed by atoms with van der Waals surface area (Å²) < 4.78 is 15.0. The maximum absolute atomic E-state index is 13.6. The van der Waals surface area contributed by atoms with E-state index in [9.17, 15) is 9.18 Å². The molecule has 0 aliphatic carbocycles. The Labute approximate surface area is 107 Å². The second-order valence-electron chi connectivity index (χ2n) is 4.30. The number of benzene rings is 1. The fourth-order valence-electron chi connectivity index (χ4n) is 2.32. The molecule has 0 spiro atoms. The van der Waals surface area contributed by atoms with Crippen molar-refractivity contribution in [2.24, 2.45) is 0 Å². The lowest BCUT2D eigenvalue weighted by Crippen LogP contribution is -2.31. The smallest absolute Gasteiger partial charge is 0.263 e. The molecule has 2 heterocycles. The molecule has 18 heavy (non-hydrogen) atoms. The van der Waals surface area contributed by atoms with Crippen LogP contribution in [0.15, 0.2) is 23.0 Å². The van der Waals surface area contributed by atoms with Crippen LogP contribution in [0.4, 0.5) is 4.39 Å². The summed E-state index contributed by atoms with van der Waals surface area (Å²) in [6.07, 6.45) is 1.65. The van der Waals surface area contributed by atoms with Crippen LogP contribution in [0, 0.1) is 5.82 Å². The Morgan fingerprint density at radius 1 is 1.50 bits per heavy atom. The zero-order valence-electron chi connectivity index (χ0n) is 9.49. The van der Waals surface area contributed by atoms with Gasteiger partial charge in [-0.2, -0.15) is 0 Å². The Hall–Kier alpha value is -1.46. The Morgan fingerprint density at radius 3 is 3.06 bits per heavy atom. The molecule has 6 heteroatoms. The summed E-state index contributed by atoms with van der Waals surface area (Å²) in [7, 11) is 0. The van der Waals surface area contributed by atoms with Crippen LogP contribution in [-0.4, -0.2) is 16.1 Å². The molecular formula is C12H11ClFN3O. The highest BCUT2D eigenvalue weighted by Gasteiger charge is 2.22. The zero-order chi connectivity index (χ0) is 12.7. The number of para-hydroxylation sites is 1. The number of halogens is 2. The zero-order valence-corrected chi connectivity index (χ0v) is 10.2. The number of aromatic nitrogens is 2. The van der Waals surface area contributed by atoms with Crippen molar-refractivity contribution < 1.29 is 4.39 Å². The molecule has 1 N–H and O–H groups in total. The van der Waals surface area contributed by atoms with Crippen LogP contribution in [0.2, 0.25) is 5.28 Å². The summed E-state index contributed by atoms with van der Waals surface area (Å²) in [5, 5.41) is 3.46. The molecule has 94 valence electrons. The Bertz CT molecular complexity index is 664. The summed E-state index contributed by atoms with van der Waals surface area (Å²) in [4.78, 5) is 16.3. The van der Waals surface area contributed by atoms with Gasteiger partial charge in [0.05, 0.1) is 11.6 Å². The first-order valence-corrected chi connectivity index (χ1v) is 6.16. The van der Waals surface area contributed by atoms with Crippen LogP contribution >= 0.6 is 11.6 Å². The molecule has 3 rings (SSSR count). The molecule has 2 aromatic rings. The SMILES string of the molecule is O=c1c2cccc(F)c2nc(Cl)n1C1CCCN1. The summed E-state index contributed by atoms with van der Waals surface area (Å²) >= 11 is 6.01. The first-order chi connectivity index (χ1) is 8.68. The van der Waals surface area contributed by atoms with Crippen LogP contribution in [0.25, 0.3) is 10.9 Å². The van der Waals surface area contributed by atoms with E-state index in [0.29, 0.717) is 0 Å². The summed E-state index contributed by atoms with van der Waals surface area (Å²) in [6, 6.07) is 4.33. The van der Waals surface area contributed by atoms with Gasteiger partial charge in [0, 0.05) is 0 Å². The van der Waals surface area contributed by atoms with E-state index >= 15 is 0 Å². The van der Waals surface area contributed by atoms with Gasteiger partial charge in [-0.1, -0.05) is 6.07 Å². The Balaban J connectivity index is 2.30. The van der Waals surface area contributed by atoms with E-state index in [-0.39, 0.29) is 27.9 Å². The van der Waals surface area contributed by atoms with Crippen molar-refractivity contribution in [3.05, 3.63) is 39.7 Å². The number of hydrogen-bond donors (Lipinski definition) is 1. The minimum absolute atomic E-state index is 0.0250. The second kappa shape index (κ2) is 4.33. The largest absolute Gasteiger partial charge is 0.297 e. The van der Waals surface area contributed by atoms with Crippen molar-refractivity contribution in [3.8, 4) is 0 Å². The van der Waals surface area contributed by atoms with Gasteiger partial charge in [0.2, 0.25) is 5.28 Å². The number of rotatable bonds is 1. The van der Waals surface area contributed by atoms with Crippen molar-refractivity contribution in [3.63, 3.8) is 0 Å². The van der Waals surface area contributed by atoms with E-state index in [4.69, 9.17) is 11.6 Å². The molecule has 4 nitrogen and oxygen atoms in total. The van der Waals surface area contributed by atoms with Crippen LogP contribution < -0.4 is 10.9 Å². The van der Waals surface area contributed by atoms with E-state index in [1.165, 1.54) is 16.7 Å². The van der Waals surface area contributed by atoms with Gasteiger partial charge in [-0.25, -0.2) is 9.37 Å². The van der Waals surface area contributed by atoms with Crippen molar-refractivity contribution in [2.75, 3.05) is 6.54 Å². The Kier molecular flexibility index (Phi) is 2.80. The molecule has 0 amide bonds. The topological polar surface area (TPSA) is 46.9 Å². The molecule has 0 saturated carbocycles. The van der Waals surface area contributed by atoms with E-state index in [0.717, 1.165) is 19.4 Å². The number of hydrogen-bond acceptors (Lipinski definition) is 3. The van der Waals surface area contributed by atoms with E-state index in [1.54, 1.807) is 6.07 Å². The van der Waals surface area contributed by atoms with E-state index in [2.05, 4.69) is 10.3 Å². The average Bonchev–Trinajstić information content (AvgIpc) is 2.84. The van der Waals surface area contributed by atoms with Gasteiger partial charge in [-0.05, 0) is 43.1 Å². The first kappa shape index (κ1) is 11.6. The van der Waals surface area contributed by atoms with Gasteiger partial charge in [-0.15, -0.1) is 0 Å². The van der Waals surface area contributed by atoms with Gasteiger partial charge < -0.3 is 0 Å². The minimum Gasteiger partial charge on any atom is -0.297 e. The lowest BCUT2D eigenvalue weighted by molar-refractivity contribution is 0.453. The second-order valence-corrected chi connectivity index (χ2v) is 4.64. The average molecular weight is 268 g/mol. The van der Waals surface area contributed by atoms with Gasteiger partial charge in [0.25, 0.3) is 5.56 Å². The van der Waals surface area contributed by atoms with Crippen molar-refractivity contribution in [1.29, 1.82) is 0 Å². The highest BCUT2D eigenvalue weighted by molar-refractivity contribution is 6.28. The maximum atomic E-state index is 13.6. The molecule has 1 aliphatic rings. The van der Waals surface area contributed by atoms with Crippen molar-refractivity contribution >= 4 is 22.5 Å².